The summed E-state index contributed by atoms with van der Waals surface area (Å²) in [6.45, 7) is 4.34. The van der Waals surface area contributed by atoms with Crippen LogP contribution in [0.3, 0.4) is 0 Å². The lowest BCUT2D eigenvalue weighted by Gasteiger charge is -2.14. The van der Waals surface area contributed by atoms with Crippen molar-refractivity contribution in [3.63, 3.8) is 0 Å². The van der Waals surface area contributed by atoms with Crippen molar-refractivity contribution in [2.45, 2.75) is 64.9 Å². The lowest BCUT2D eigenvalue weighted by Crippen LogP contribution is -2.12. The molecule has 0 spiro atoms. The maximum absolute atomic E-state index is 6.29. The molecule has 1 aromatic carbocycles. The van der Waals surface area contributed by atoms with Crippen LogP contribution < -0.4 is 4.74 Å². The summed E-state index contributed by atoms with van der Waals surface area (Å²) in [7, 11) is 0. The fraction of sp³-hybridized carbons (Fsp3) is 0.417. The lowest BCUT2D eigenvalue weighted by atomic mass is 9.99. The van der Waals surface area contributed by atoms with Crippen LogP contribution in [0.2, 0.25) is 0 Å². The maximum Gasteiger partial charge on any atom is 0.234 e. The van der Waals surface area contributed by atoms with E-state index >= 15 is 0 Å². The highest BCUT2D eigenvalue weighted by Gasteiger charge is 2.25. The first-order valence-electron chi connectivity index (χ1n) is 10.5. The number of furan rings is 1. The zero-order valence-electron chi connectivity index (χ0n) is 16.8. The van der Waals surface area contributed by atoms with Crippen molar-refractivity contribution in [2.24, 2.45) is 0 Å². The highest BCUT2D eigenvalue weighted by atomic mass is 16.5. The molecule has 1 aliphatic carbocycles. The molecule has 0 fully saturated rings. The van der Waals surface area contributed by atoms with Crippen molar-refractivity contribution in [3.8, 4) is 17.2 Å². The van der Waals surface area contributed by atoms with Gasteiger partial charge in [0, 0.05) is 11.1 Å². The number of fused-ring (bicyclic) bond motifs is 1. The molecule has 2 heterocycles. The van der Waals surface area contributed by atoms with E-state index < -0.39 is 0 Å². The average molecular weight is 377 g/mol. The molecule has 1 aliphatic rings. The predicted octanol–water partition coefficient (Wildman–Crippen LogP) is 6.80. The average Bonchev–Trinajstić information content (AvgIpc) is 3.37. The third-order valence-corrected chi connectivity index (χ3v) is 5.38. The van der Waals surface area contributed by atoms with Gasteiger partial charge in [0.15, 0.2) is 0 Å². The molecule has 2 aromatic heterocycles. The fourth-order valence-corrected chi connectivity index (χ4v) is 3.92. The Kier molecular flexibility index (Phi) is 5.75. The number of aromatic nitrogens is 2. The van der Waals surface area contributed by atoms with Gasteiger partial charge in [-0.3, -0.25) is 0 Å². The summed E-state index contributed by atoms with van der Waals surface area (Å²) in [6, 6.07) is 10.3. The molecule has 4 heteroatoms. The van der Waals surface area contributed by atoms with Crippen LogP contribution in [0, 0.1) is 0 Å². The van der Waals surface area contributed by atoms with E-state index in [4.69, 9.17) is 9.15 Å². The third kappa shape index (κ3) is 3.82. The van der Waals surface area contributed by atoms with Crippen LogP contribution in [-0.4, -0.2) is 16.1 Å². The largest absolute Gasteiger partial charge is 0.474 e. The number of hydrogen-bond donors (Lipinski definition) is 0. The molecule has 1 atom stereocenters. The standard InChI is InChI=1S/C24H28N2O2/c1-3-4-6-11-17(2)27-23-21-20(18-12-9-10-13-18)22(19-14-7-5-8-15-19)28-24(21)26-16-25-23/h5,7-8,12,14-17H,3-4,6,9-11,13H2,1-2H3/t17-/m1/s1. The Morgan fingerprint density at radius 3 is 2.75 bits per heavy atom. The van der Waals surface area contributed by atoms with E-state index in [2.05, 4.69) is 42.0 Å². The molecule has 146 valence electrons. The van der Waals surface area contributed by atoms with Gasteiger partial charge >= 0.3 is 0 Å². The van der Waals surface area contributed by atoms with Gasteiger partial charge in [-0.1, -0.05) is 56.2 Å². The first-order valence-corrected chi connectivity index (χ1v) is 10.5. The summed E-state index contributed by atoms with van der Waals surface area (Å²) in [6.07, 6.45) is 11.9. The fourth-order valence-electron chi connectivity index (χ4n) is 3.92. The molecule has 0 saturated carbocycles. The van der Waals surface area contributed by atoms with Gasteiger partial charge in [0.05, 0.1) is 6.10 Å². The predicted molar refractivity (Wildman–Crippen MR) is 113 cm³/mol. The second kappa shape index (κ2) is 8.59. The van der Waals surface area contributed by atoms with Crippen molar-refractivity contribution < 1.29 is 9.15 Å². The van der Waals surface area contributed by atoms with E-state index in [1.54, 1.807) is 6.33 Å². The normalized spacial score (nSPS) is 15.0. The lowest BCUT2D eigenvalue weighted by molar-refractivity contribution is 0.201. The van der Waals surface area contributed by atoms with E-state index in [1.807, 2.05) is 18.2 Å². The Morgan fingerprint density at radius 2 is 2.00 bits per heavy atom. The van der Waals surface area contributed by atoms with Crippen molar-refractivity contribution >= 4 is 16.7 Å². The van der Waals surface area contributed by atoms with Crippen LogP contribution >= 0.6 is 0 Å². The van der Waals surface area contributed by atoms with Crippen LogP contribution in [0.4, 0.5) is 0 Å². The first kappa shape index (κ1) is 18.7. The van der Waals surface area contributed by atoms with Crippen molar-refractivity contribution in [1.29, 1.82) is 0 Å². The summed E-state index contributed by atoms with van der Waals surface area (Å²) < 4.78 is 12.5. The highest BCUT2D eigenvalue weighted by molar-refractivity contribution is 5.99. The minimum absolute atomic E-state index is 0.116. The van der Waals surface area contributed by atoms with Crippen LogP contribution in [0.1, 0.15) is 64.4 Å². The van der Waals surface area contributed by atoms with E-state index in [0.29, 0.717) is 11.6 Å². The molecule has 4 rings (SSSR count). The molecule has 0 N–H and O–H groups in total. The topological polar surface area (TPSA) is 48.2 Å². The molecule has 28 heavy (non-hydrogen) atoms. The number of ether oxygens (including phenoxy) is 1. The quantitative estimate of drug-likeness (QED) is 0.405. The summed E-state index contributed by atoms with van der Waals surface area (Å²) in [4.78, 5) is 8.91. The number of benzene rings is 1. The van der Waals surface area contributed by atoms with Crippen molar-refractivity contribution in [2.75, 3.05) is 0 Å². The highest BCUT2D eigenvalue weighted by Crippen LogP contribution is 2.43. The van der Waals surface area contributed by atoms with Crippen LogP contribution in [0.5, 0.6) is 5.88 Å². The van der Waals surface area contributed by atoms with Gasteiger partial charge in [0.1, 0.15) is 17.5 Å². The van der Waals surface area contributed by atoms with E-state index in [9.17, 15) is 0 Å². The van der Waals surface area contributed by atoms with Gasteiger partial charge in [-0.25, -0.2) is 9.97 Å². The maximum atomic E-state index is 6.29. The Labute approximate surface area is 166 Å². The molecule has 0 unspecified atom stereocenters. The number of nitrogens with zero attached hydrogens (tertiary/aromatic N) is 2. The monoisotopic (exact) mass is 376 g/mol. The second-order valence-corrected chi connectivity index (χ2v) is 7.58. The summed E-state index contributed by atoms with van der Waals surface area (Å²) in [5, 5.41) is 0.914. The molecular weight excluding hydrogens is 348 g/mol. The van der Waals surface area contributed by atoms with E-state index in [-0.39, 0.29) is 6.10 Å². The molecule has 0 amide bonds. The van der Waals surface area contributed by atoms with Crippen LogP contribution in [0.25, 0.3) is 28.0 Å². The van der Waals surface area contributed by atoms with Gasteiger partial charge in [-0.05, 0) is 44.6 Å². The Morgan fingerprint density at radius 1 is 1.14 bits per heavy atom. The number of rotatable bonds is 8. The molecule has 3 aromatic rings. The van der Waals surface area contributed by atoms with Gasteiger partial charge < -0.3 is 9.15 Å². The Hall–Kier alpha value is -2.62. The zero-order chi connectivity index (χ0) is 19.3. The molecule has 0 bridgehead atoms. The number of allylic oxidation sites excluding steroid dienone is 2. The first-order chi connectivity index (χ1) is 13.8. The SMILES string of the molecule is CCCCC[C@@H](C)Oc1ncnc2oc(-c3ccccc3)c(C3=CCCC3)c12. The van der Waals surface area contributed by atoms with Gasteiger partial charge in [0.2, 0.25) is 11.6 Å². The molecule has 4 nitrogen and oxygen atoms in total. The van der Waals surface area contributed by atoms with Crippen molar-refractivity contribution in [3.05, 3.63) is 48.3 Å². The summed E-state index contributed by atoms with van der Waals surface area (Å²) >= 11 is 0. The zero-order valence-corrected chi connectivity index (χ0v) is 16.8. The van der Waals surface area contributed by atoms with Gasteiger partial charge in [-0.2, -0.15) is 0 Å². The Balaban J connectivity index is 1.78. The van der Waals surface area contributed by atoms with Crippen LogP contribution in [0.15, 0.2) is 47.2 Å². The minimum atomic E-state index is 0.116. The number of hydrogen-bond acceptors (Lipinski definition) is 4. The smallest absolute Gasteiger partial charge is 0.234 e. The molecule has 0 aliphatic heterocycles. The van der Waals surface area contributed by atoms with Crippen LogP contribution in [-0.2, 0) is 0 Å². The minimum Gasteiger partial charge on any atom is -0.474 e. The van der Waals surface area contributed by atoms with E-state index in [0.717, 1.165) is 41.5 Å². The molecule has 0 saturated heterocycles. The van der Waals surface area contributed by atoms with Gasteiger partial charge in [0.25, 0.3) is 0 Å². The molecular formula is C24H28N2O2. The van der Waals surface area contributed by atoms with Crippen molar-refractivity contribution in [1.82, 2.24) is 9.97 Å². The third-order valence-electron chi connectivity index (χ3n) is 5.38. The van der Waals surface area contributed by atoms with E-state index in [1.165, 1.54) is 31.3 Å². The molecule has 0 radical (unpaired) electrons. The summed E-state index contributed by atoms with van der Waals surface area (Å²) in [5.74, 6) is 1.51. The Bertz CT molecular complexity index is 959. The number of unbranched alkanes of at least 4 members (excludes halogenated alkanes) is 2. The van der Waals surface area contributed by atoms with Gasteiger partial charge in [-0.15, -0.1) is 0 Å². The summed E-state index contributed by atoms with van der Waals surface area (Å²) in [5.41, 5.74) is 4.09. The second-order valence-electron chi connectivity index (χ2n) is 7.58.